The molecule has 3 aromatic heterocycles. The van der Waals surface area contributed by atoms with Gasteiger partial charge in [-0.25, -0.2) is 4.98 Å². The number of hydrogen-bond acceptors (Lipinski definition) is 8. The van der Waals surface area contributed by atoms with Gasteiger partial charge >= 0.3 is 0 Å². The van der Waals surface area contributed by atoms with Crippen molar-refractivity contribution in [3.8, 4) is 6.01 Å². The van der Waals surface area contributed by atoms with Crippen LogP contribution in [0.5, 0.6) is 6.01 Å². The Morgan fingerprint density at radius 2 is 2.10 bits per heavy atom. The molecule has 0 radical (unpaired) electrons. The molecule has 3 aromatic rings. The SMILES string of the molecule is OCCn1nccc1CCc1nc2nc(O[C@@H]3CO[C@H]4[C@@H]3OC[C@H]4O)[nH]c2cc1Cl. The Hall–Kier alpha value is -2.24. The third-order valence-electron chi connectivity index (χ3n) is 5.46. The van der Waals surface area contributed by atoms with Gasteiger partial charge in [-0.15, -0.1) is 0 Å². The summed E-state index contributed by atoms with van der Waals surface area (Å²) in [6, 6.07) is 4.01. The molecule has 0 aromatic carbocycles. The molecular formula is C19H22ClN5O5. The first-order valence-electron chi connectivity index (χ1n) is 9.87. The monoisotopic (exact) mass is 435 g/mol. The number of rotatable bonds is 7. The molecule has 5 rings (SSSR count). The molecule has 2 aliphatic heterocycles. The number of ether oxygens (including phenoxy) is 3. The number of aliphatic hydroxyl groups is 2. The van der Waals surface area contributed by atoms with Crippen LogP contribution in [0.15, 0.2) is 18.3 Å². The quantitative estimate of drug-likeness (QED) is 0.489. The first kappa shape index (κ1) is 19.7. The second-order valence-corrected chi connectivity index (χ2v) is 7.83. The van der Waals surface area contributed by atoms with Crippen molar-refractivity contribution in [2.45, 2.75) is 43.8 Å². The van der Waals surface area contributed by atoms with Crippen molar-refractivity contribution in [2.75, 3.05) is 19.8 Å². The molecule has 30 heavy (non-hydrogen) atoms. The largest absolute Gasteiger partial charge is 0.456 e. The van der Waals surface area contributed by atoms with Gasteiger partial charge in [0.2, 0.25) is 0 Å². The summed E-state index contributed by atoms with van der Waals surface area (Å²) in [6.07, 6.45) is 1.35. The molecule has 5 heterocycles. The van der Waals surface area contributed by atoms with E-state index < -0.39 is 6.10 Å². The second kappa shape index (κ2) is 8.12. The van der Waals surface area contributed by atoms with E-state index in [0.717, 1.165) is 11.4 Å². The molecule has 0 saturated carbocycles. The maximum absolute atomic E-state index is 9.85. The van der Waals surface area contributed by atoms with Gasteiger partial charge in [-0.3, -0.25) is 4.68 Å². The Bertz CT molecular complexity index is 1040. The number of nitrogens with one attached hydrogen (secondary N) is 1. The van der Waals surface area contributed by atoms with Gasteiger partial charge in [0, 0.05) is 11.9 Å². The summed E-state index contributed by atoms with van der Waals surface area (Å²) >= 11 is 6.43. The van der Waals surface area contributed by atoms with Crippen LogP contribution >= 0.6 is 11.6 Å². The minimum Gasteiger partial charge on any atom is -0.456 e. The molecule has 10 nitrogen and oxygen atoms in total. The lowest BCUT2D eigenvalue weighted by atomic mass is 10.1. The van der Waals surface area contributed by atoms with Crippen molar-refractivity contribution in [3.05, 3.63) is 34.7 Å². The third-order valence-corrected chi connectivity index (χ3v) is 5.78. The Labute approximate surface area is 176 Å². The van der Waals surface area contributed by atoms with Crippen LogP contribution in [-0.2, 0) is 28.9 Å². The third kappa shape index (κ3) is 3.65. The number of aromatic amines is 1. The molecule has 0 aliphatic carbocycles. The smallest absolute Gasteiger partial charge is 0.296 e. The van der Waals surface area contributed by atoms with E-state index in [-0.39, 0.29) is 31.5 Å². The second-order valence-electron chi connectivity index (χ2n) is 7.42. The average molecular weight is 436 g/mol. The number of hydrogen-bond donors (Lipinski definition) is 3. The Balaban J connectivity index is 1.30. The van der Waals surface area contributed by atoms with Crippen molar-refractivity contribution >= 4 is 22.8 Å². The zero-order valence-corrected chi connectivity index (χ0v) is 16.8. The molecule has 2 saturated heterocycles. The highest BCUT2D eigenvalue weighted by molar-refractivity contribution is 6.31. The topological polar surface area (TPSA) is 128 Å². The fourth-order valence-electron chi connectivity index (χ4n) is 3.97. The van der Waals surface area contributed by atoms with Gasteiger partial charge in [-0.2, -0.15) is 10.1 Å². The predicted octanol–water partition coefficient (Wildman–Crippen LogP) is 0.491. The molecule has 2 fully saturated rings. The fourth-order valence-corrected chi connectivity index (χ4v) is 4.21. The number of imidazole rings is 1. The predicted molar refractivity (Wildman–Crippen MR) is 106 cm³/mol. The fraction of sp³-hybridized carbons (Fsp3) is 0.526. The molecule has 0 bridgehead atoms. The van der Waals surface area contributed by atoms with E-state index in [1.807, 2.05) is 6.07 Å². The highest BCUT2D eigenvalue weighted by Gasteiger charge is 2.48. The molecule has 0 amide bonds. The molecule has 11 heteroatoms. The van der Waals surface area contributed by atoms with Crippen LogP contribution in [0.4, 0.5) is 0 Å². The van der Waals surface area contributed by atoms with E-state index in [4.69, 9.17) is 30.9 Å². The summed E-state index contributed by atoms with van der Waals surface area (Å²) in [4.78, 5) is 12.1. The first-order chi connectivity index (χ1) is 14.6. The van der Waals surface area contributed by atoms with Crippen molar-refractivity contribution in [3.63, 3.8) is 0 Å². The molecular weight excluding hydrogens is 414 g/mol. The van der Waals surface area contributed by atoms with Gasteiger partial charge in [0.25, 0.3) is 6.01 Å². The number of aryl methyl sites for hydroxylation is 2. The lowest BCUT2D eigenvalue weighted by Gasteiger charge is -2.15. The maximum Gasteiger partial charge on any atom is 0.296 e. The van der Waals surface area contributed by atoms with E-state index in [1.54, 1.807) is 16.9 Å². The molecule has 160 valence electrons. The number of halogens is 1. The van der Waals surface area contributed by atoms with Crippen LogP contribution in [0.1, 0.15) is 11.4 Å². The van der Waals surface area contributed by atoms with Gasteiger partial charge in [0.1, 0.15) is 18.3 Å². The van der Waals surface area contributed by atoms with Crippen molar-refractivity contribution in [2.24, 2.45) is 0 Å². The van der Waals surface area contributed by atoms with Crippen LogP contribution in [-0.4, -0.2) is 79.2 Å². The summed E-state index contributed by atoms with van der Waals surface area (Å²) in [5, 5.41) is 23.7. The summed E-state index contributed by atoms with van der Waals surface area (Å²) in [6.45, 7) is 1.06. The van der Waals surface area contributed by atoms with Gasteiger partial charge in [0.05, 0.1) is 42.6 Å². The van der Waals surface area contributed by atoms with Crippen molar-refractivity contribution in [1.82, 2.24) is 24.7 Å². The molecule has 2 aliphatic rings. The van der Waals surface area contributed by atoms with Crippen molar-refractivity contribution < 1.29 is 24.4 Å². The van der Waals surface area contributed by atoms with Crippen LogP contribution in [0.3, 0.4) is 0 Å². The van der Waals surface area contributed by atoms with Gasteiger partial charge in [-0.05, 0) is 25.0 Å². The van der Waals surface area contributed by atoms with Gasteiger partial charge in [0.15, 0.2) is 11.8 Å². The Morgan fingerprint density at radius 3 is 2.97 bits per heavy atom. The maximum atomic E-state index is 9.85. The normalized spacial score (nSPS) is 25.8. The lowest BCUT2D eigenvalue weighted by Crippen LogP contribution is -2.34. The molecule has 3 N–H and O–H groups in total. The van der Waals surface area contributed by atoms with E-state index in [9.17, 15) is 5.11 Å². The number of aliphatic hydroxyl groups excluding tert-OH is 2. The highest BCUT2D eigenvalue weighted by atomic mass is 35.5. The van der Waals surface area contributed by atoms with Crippen molar-refractivity contribution in [1.29, 1.82) is 0 Å². The number of nitrogens with zero attached hydrogens (tertiary/aromatic N) is 4. The Kier molecular flexibility index (Phi) is 5.34. The highest BCUT2D eigenvalue weighted by Crippen LogP contribution is 2.30. The minimum atomic E-state index is -0.629. The number of fused-ring (bicyclic) bond motifs is 2. The van der Waals surface area contributed by atoms with Gasteiger partial charge < -0.3 is 29.4 Å². The summed E-state index contributed by atoms with van der Waals surface area (Å²) in [5.74, 6) is 0. The van der Waals surface area contributed by atoms with E-state index >= 15 is 0 Å². The summed E-state index contributed by atoms with van der Waals surface area (Å²) in [5.41, 5.74) is 2.91. The average Bonchev–Trinajstić information content (AvgIpc) is 3.48. The van der Waals surface area contributed by atoms with E-state index in [0.29, 0.717) is 48.2 Å². The zero-order valence-electron chi connectivity index (χ0n) is 16.1. The van der Waals surface area contributed by atoms with E-state index in [1.165, 1.54) is 0 Å². The number of H-pyrrole nitrogens is 1. The first-order valence-corrected chi connectivity index (χ1v) is 10.2. The zero-order chi connectivity index (χ0) is 20.7. The van der Waals surface area contributed by atoms with E-state index in [2.05, 4.69) is 20.1 Å². The molecule has 4 atom stereocenters. The van der Waals surface area contributed by atoms with Crippen LogP contribution in [0.25, 0.3) is 11.2 Å². The lowest BCUT2D eigenvalue weighted by molar-refractivity contribution is 0.00706. The summed E-state index contributed by atoms with van der Waals surface area (Å²) in [7, 11) is 0. The molecule has 0 spiro atoms. The molecule has 0 unspecified atom stereocenters. The Morgan fingerprint density at radius 1 is 1.23 bits per heavy atom. The minimum absolute atomic E-state index is 0.0351. The van der Waals surface area contributed by atoms with Crippen LogP contribution in [0, 0.1) is 0 Å². The summed E-state index contributed by atoms with van der Waals surface area (Å²) < 4.78 is 18.8. The number of pyridine rings is 1. The number of aromatic nitrogens is 5. The standard InChI is InChI=1S/C19H22ClN5O5/c20-11-7-13-18(22-12(11)2-1-10-3-4-21-25(10)5-6-26)24-19(23-13)30-15-9-29-16-14(27)8-28-17(15)16/h3-4,7,14-17,26-27H,1-2,5-6,8-9H2,(H,22,23,24)/t14-,15-,16-,17-/m1/s1. The van der Waals surface area contributed by atoms with Crippen LogP contribution in [0.2, 0.25) is 5.02 Å². The van der Waals surface area contributed by atoms with Gasteiger partial charge in [-0.1, -0.05) is 11.6 Å². The van der Waals surface area contributed by atoms with Crippen LogP contribution < -0.4 is 4.74 Å².